The average Bonchev–Trinajstić information content (AvgIpc) is 2.64. The first-order valence-electron chi connectivity index (χ1n) is 8.24. The molecule has 0 fully saturated rings. The highest BCUT2D eigenvalue weighted by Gasteiger charge is 2.21. The first kappa shape index (κ1) is 17.8. The average molecular weight is 359 g/mol. The van der Waals surface area contributed by atoms with Crippen LogP contribution in [0.15, 0.2) is 30.3 Å². The second-order valence-corrected chi connectivity index (χ2v) is 5.82. The van der Waals surface area contributed by atoms with E-state index in [0.29, 0.717) is 25.1 Å². The molecule has 7 nitrogen and oxygen atoms in total. The van der Waals surface area contributed by atoms with E-state index in [4.69, 9.17) is 4.74 Å². The lowest BCUT2D eigenvalue weighted by atomic mass is 9.99. The van der Waals surface area contributed by atoms with Crippen LogP contribution in [0.4, 0.5) is 15.8 Å². The zero-order chi connectivity index (χ0) is 18.7. The molecule has 2 aromatic rings. The molecule has 0 unspecified atom stereocenters. The number of hydrogen-bond donors (Lipinski definition) is 2. The molecular formula is C18H18FN3O4. The van der Waals surface area contributed by atoms with Gasteiger partial charge in [0.1, 0.15) is 5.82 Å². The van der Waals surface area contributed by atoms with Gasteiger partial charge in [-0.1, -0.05) is 6.07 Å². The van der Waals surface area contributed by atoms with E-state index in [1.165, 1.54) is 18.2 Å². The number of carbonyl (C=O) groups is 1. The summed E-state index contributed by atoms with van der Waals surface area (Å²) in [6.07, 6.45) is 0.541. The minimum Gasteiger partial charge on any atom is -0.487 e. The number of nitrogens with one attached hydrogen (secondary N) is 2. The fourth-order valence-corrected chi connectivity index (χ4v) is 2.90. The van der Waals surface area contributed by atoms with Gasteiger partial charge in [0.15, 0.2) is 5.75 Å². The summed E-state index contributed by atoms with van der Waals surface area (Å²) >= 11 is 0. The summed E-state index contributed by atoms with van der Waals surface area (Å²) in [7, 11) is 0. The van der Waals surface area contributed by atoms with Crippen molar-refractivity contribution in [3.05, 3.63) is 63.0 Å². The Hall–Kier alpha value is -3.00. The molecule has 0 aliphatic carbocycles. The van der Waals surface area contributed by atoms with Crippen LogP contribution in [-0.4, -0.2) is 24.0 Å². The van der Waals surface area contributed by atoms with E-state index in [9.17, 15) is 19.3 Å². The van der Waals surface area contributed by atoms with Gasteiger partial charge in [0, 0.05) is 18.2 Å². The SMILES string of the molecule is CCOc1ccc(C(=O)Nc2ccc3c(c2F)CCNC3)cc1[N+](=O)[O-]. The van der Waals surface area contributed by atoms with Gasteiger partial charge in [0.2, 0.25) is 0 Å². The Morgan fingerprint density at radius 2 is 2.19 bits per heavy atom. The van der Waals surface area contributed by atoms with Crippen molar-refractivity contribution in [2.75, 3.05) is 18.5 Å². The second-order valence-electron chi connectivity index (χ2n) is 5.82. The van der Waals surface area contributed by atoms with Crippen LogP contribution in [0.1, 0.15) is 28.4 Å². The van der Waals surface area contributed by atoms with Crippen LogP contribution < -0.4 is 15.4 Å². The van der Waals surface area contributed by atoms with Crippen molar-refractivity contribution >= 4 is 17.3 Å². The number of nitro benzene ring substituents is 1. The third-order valence-electron chi connectivity index (χ3n) is 4.17. The molecule has 0 saturated heterocycles. The Labute approximate surface area is 149 Å². The summed E-state index contributed by atoms with van der Waals surface area (Å²) in [4.78, 5) is 23.0. The molecule has 2 N–H and O–H groups in total. The number of carbonyl (C=O) groups excluding carboxylic acids is 1. The van der Waals surface area contributed by atoms with Crippen LogP contribution in [0.2, 0.25) is 0 Å². The molecule has 2 aromatic carbocycles. The standard InChI is InChI=1S/C18H18FN3O4/c1-2-26-16-6-4-11(9-15(16)22(24)25)18(23)21-14-5-3-12-10-20-8-7-13(12)17(14)19/h3-6,9,20H,2,7-8,10H2,1H3,(H,21,23). The molecule has 0 saturated carbocycles. The van der Waals surface area contributed by atoms with Crippen molar-refractivity contribution in [3.8, 4) is 5.75 Å². The molecule has 1 aliphatic rings. The van der Waals surface area contributed by atoms with Gasteiger partial charge in [-0.15, -0.1) is 0 Å². The van der Waals surface area contributed by atoms with Gasteiger partial charge in [0.25, 0.3) is 5.91 Å². The molecule has 0 atom stereocenters. The Morgan fingerprint density at radius 3 is 2.92 bits per heavy atom. The summed E-state index contributed by atoms with van der Waals surface area (Å²) in [5.41, 5.74) is 1.25. The lowest BCUT2D eigenvalue weighted by Crippen LogP contribution is -2.25. The van der Waals surface area contributed by atoms with Gasteiger partial charge in [-0.3, -0.25) is 14.9 Å². The number of anilines is 1. The van der Waals surface area contributed by atoms with Crippen molar-refractivity contribution in [3.63, 3.8) is 0 Å². The van der Waals surface area contributed by atoms with E-state index in [1.807, 2.05) is 0 Å². The predicted octanol–water partition coefficient (Wildman–Crippen LogP) is 3.03. The Morgan fingerprint density at radius 1 is 1.38 bits per heavy atom. The lowest BCUT2D eigenvalue weighted by molar-refractivity contribution is -0.385. The zero-order valence-corrected chi connectivity index (χ0v) is 14.2. The molecule has 1 heterocycles. The van der Waals surface area contributed by atoms with E-state index in [1.54, 1.807) is 13.0 Å². The number of halogens is 1. The van der Waals surface area contributed by atoms with E-state index in [-0.39, 0.29) is 29.3 Å². The molecule has 1 aliphatic heterocycles. The van der Waals surface area contributed by atoms with Crippen molar-refractivity contribution in [2.45, 2.75) is 19.9 Å². The van der Waals surface area contributed by atoms with Crippen LogP contribution in [-0.2, 0) is 13.0 Å². The smallest absolute Gasteiger partial charge is 0.311 e. The molecule has 0 radical (unpaired) electrons. The van der Waals surface area contributed by atoms with Crippen LogP contribution in [0.5, 0.6) is 5.75 Å². The van der Waals surface area contributed by atoms with E-state index in [2.05, 4.69) is 10.6 Å². The number of rotatable bonds is 5. The largest absolute Gasteiger partial charge is 0.487 e. The molecule has 136 valence electrons. The Kier molecular flexibility index (Phi) is 5.13. The van der Waals surface area contributed by atoms with Crippen LogP contribution >= 0.6 is 0 Å². The van der Waals surface area contributed by atoms with Crippen LogP contribution in [0.25, 0.3) is 0 Å². The third kappa shape index (κ3) is 3.50. The topological polar surface area (TPSA) is 93.5 Å². The monoisotopic (exact) mass is 359 g/mol. The highest BCUT2D eigenvalue weighted by Crippen LogP contribution is 2.29. The van der Waals surface area contributed by atoms with Gasteiger partial charge in [-0.05, 0) is 49.2 Å². The van der Waals surface area contributed by atoms with Gasteiger partial charge in [-0.2, -0.15) is 0 Å². The highest BCUT2D eigenvalue weighted by atomic mass is 19.1. The zero-order valence-electron chi connectivity index (χ0n) is 14.2. The van der Waals surface area contributed by atoms with Gasteiger partial charge in [0.05, 0.1) is 17.2 Å². The van der Waals surface area contributed by atoms with Crippen LogP contribution in [0.3, 0.4) is 0 Å². The maximum absolute atomic E-state index is 14.6. The normalized spacial score (nSPS) is 13.0. The number of nitro groups is 1. The fourth-order valence-electron chi connectivity index (χ4n) is 2.90. The Bertz CT molecular complexity index is 870. The van der Waals surface area contributed by atoms with Crippen molar-refractivity contribution in [1.82, 2.24) is 5.32 Å². The molecule has 0 spiro atoms. The van der Waals surface area contributed by atoms with Crippen molar-refractivity contribution < 1.29 is 18.8 Å². The summed E-state index contributed by atoms with van der Waals surface area (Å²) < 4.78 is 19.8. The minimum atomic E-state index is -0.621. The second kappa shape index (κ2) is 7.49. The van der Waals surface area contributed by atoms with Crippen molar-refractivity contribution in [2.24, 2.45) is 0 Å². The maximum atomic E-state index is 14.6. The van der Waals surface area contributed by atoms with Gasteiger partial charge in [-0.25, -0.2) is 4.39 Å². The number of fused-ring (bicyclic) bond motifs is 1. The molecule has 0 bridgehead atoms. The summed E-state index contributed by atoms with van der Waals surface area (Å²) in [5.74, 6) is -0.997. The number of benzene rings is 2. The number of ether oxygens (including phenoxy) is 1. The number of hydrogen-bond acceptors (Lipinski definition) is 5. The van der Waals surface area contributed by atoms with Crippen LogP contribution in [0, 0.1) is 15.9 Å². The lowest BCUT2D eigenvalue weighted by Gasteiger charge is -2.19. The molecule has 0 aromatic heterocycles. The molecule has 1 amide bonds. The van der Waals surface area contributed by atoms with Gasteiger partial charge >= 0.3 is 5.69 Å². The minimum absolute atomic E-state index is 0.0546. The summed E-state index contributed by atoms with van der Waals surface area (Å²) in [6, 6.07) is 7.17. The van der Waals surface area contributed by atoms with E-state index in [0.717, 1.165) is 11.6 Å². The van der Waals surface area contributed by atoms with E-state index >= 15 is 0 Å². The highest BCUT2D eigenvalue weighted by molar-refractivity contribution is 6.05. The first-order valence-corrected chi connectivity index (χ1v) is 8.24. The van der Waals surface area contributed by atoms with Gasteiger partial charge < -0.3 is 15.4 Å². The number of nitrogens with zero attached hydrogens (tertiary/aromatic N) is 1. The molecule has 8 heteroatoms. The first-order chi connectivity index (χ1) is 12.5. The third-order valence-corrected chi connectivity index (χ3v) is 4.17. The molecule has 26 heavy (non-hydrogen) atoms. The Balaban J connectivity index is 1.86. The molecular weight excluding hydrogens is 341 g/mol. The fraction of sp³-hybridized carbons (Fsp3) is 0.278. The predicted molar refractivity (Wildman–Crippen MR) is 94.0 cm³/mol. The quantitative estimate of drug-likeness (QED) is 0.632. The van der Waals surface area contributed by atoms with E-state index < -0.39 is 16.6 Å². The van der Waals surface area contributed by atoms with Crippen molar-refractivity contribution in [1.29, 1.82) is 0 Å². The summed E-state index contributed by atoms with van der Waals surface area (Å²) in [6.45, 7) is 3.23. The molecule has 3 rings (SSSR count). The maximum Gasteiger partial charge on any atom is 0.311 e. The summed E-state index contributed by atoms with van der Waals surface area (Å²) in [5, 5.41) is 16.8. The number of amides is 1.